The van der Waals surface area contributed by atoms with Crippen molar-refractivity contribution in [3.8, 4) is 0 Å². The predicted molar refractivity (Wildman–Crippen MR) is 100 cm³/mol. The number of carboxylic acid groups (broad SMARTS) is 1. The van der Waals surface area contributed by atoms with Gasteiger partial charge in [0.2, 0.25) is 5.91 Å². The Morgan fingerprint density at radius 2 is 1.96 bits per heavy atom. The molecular weight excluding hydrogens is 348 g/mol. The Kier molecular flexibility index (Phi) is 5.55. The molecule has 0 aromatic carbocycles. The van der Waals surface area contributed by atoms with Crippen molar-refractivity contribution in [3.63, 3.8) is 0 Å². The van der Waals surface area contributed by atoms with Gasteiger partial charge in [0.15, 0.2) is 0 Å². The molecule has 144 valence electrons. The van der Waals surface area contributed by atoms with E-state index < -0.39 is 11.6 Å². The van der Waals surface area contributed by atoms with E-state index in [0.29, 0.717) is 25.9 Å². The molecule has 0 unspecified atom stereocenters. The SMILES string of the molecule is CN(CC1(O)CCN(c2ccnc3ccncc23)CC1)C(=O)CCC(=O)O. The van der Waals surface area contributed by atoms with Crippen LogP contribution in [0.4, 0.5) is 5.69 Å². The summed E-state index contributed by atoms with van der Waals surface area (Å²) in [4.78, 5) is 34.8. The summed E-state index contributed by atoms with van der Waals surface area (Å²) in [5.74, 6) is -1.26. The standard InChI is InChI=1S/C19H24N4O4/c1-22(17(24)2-3-18(25)26)13-19(27)6-10-23(11-7-19)16-5-9-21-15-4-8-20-12-14(15)16/h4-5,8-9,12,27H,2-3,6-7,10-11,13H2,1H3,(H,25,26). The summed E-state index contributed by atoms with van der Waals surface area (Å²) >= 11 is 0. The second kappa shape index (κ2) is 7.87. The molecule has 1 aliphatic rings. The van der Waals surface area contributed by atoms with Crippen molar-refractivity contribution < 1.29 is 19.8 Å². The van der Waals surface area contributed by atoms with E-state index in [1.54, 1.807) is 25.6 Å². The number of aliphatic carboxylic acids is 1. The van der Waals surface area contributed by atoms with Gasteiger partial charge in [0, 0.05) is 62.8 Å². The van der Waals surface area contributed by atoms with Crippen LogP contribution in [0.5, 0.6) is 0 Å². The molecule has 3 rings (SSSR count). The number of hydrogen-bond donors (Lipinski definition) is 2. The van der Waals surface area contributed by atoms with Crippen molar-refractivity contribution >= 4 is 28.5 Å². The number of carbonyl (C=O) groups is 2. The highest BCUT2D eigenvalue weighted by atomic mass is 16.4. The van der Waals surface area contributed by atoms with Gasteiger partial charge < -0.3 is 20.0 Å². The molecule has 0 atom stereocenters. The third-order valence-corrected chi connectivity index (χ3v) is 5.06. The van der Waals surface area contributed by atoms with E-state index in [1.165, 1.54) is 4.90 Å². The number of anilines is 1. The largest absolute Gasteiger partial charge is 0.481 e. The van der Waals surface area contributed by atoms with E-state index in [-0.39, 0.29) is 25.3 Å². The lowest BCUT2D eigenvalue weighted by molar-refractivity contribution is -0.141. The maximum atomic E-state index is 12.0. The topological polar surface area (TPSA) is 107 Å². The highest BCUT2D eigenvalue weighted by molar-refractivity contribution is 5.90. The van der Waals surface area contributed by atoms with Crippen LogP contribution in [-0.4, -0.2) is 69.2 Å². The molecule has 0 spiro atoms. The molecule has 0 aliphatic carbocycles. The number of hydrogen-bond acceptors (Lipinski definition) is 6. The van der Waals surface area contributed by atoms with Crippen LogP contribution in [0.15, 0.2) is 30.7 Å². The molecule has 0 radical (unpaired) electrons. The molecule has 2 aromatic heterocycles. The average Bonchev–Trinajstić information content (AvgIpc) is 2.66. The monoisotopic (exact) mass is 372 g/mol. The lowest BCUT2D eigenvalue weighted by atomic mass is 9.90. The summed E-state index contributed by atoms with van der Waals surface area (Å²) in [6.07, 6.45) is 6.08. The lowest BCUT2D eigenvalue weighted by Gasteiger charge is -2.41. The number of piperidine rings is 1. The minimum Gasteiger partial charge on any atom is -0.481 e. The molecule has 1 aliphatic heterocycles. The van der Waals surface area contributed by atoms with Crippen LogP contribution in [0.3, 0.4) is 0 Å². The van der Waals surface area contributed by atoms with Gasteiger partial charge in [-0.2, -0.15) is 0 Å². The Morgan fingerprint density at radius 1 is 1.22 bits per heavy atom. The van der Waals surface area contributed by atoms with Gasteiger partial charge in [-0.1, -0.05) is 0 Å². The maximum absolute atomic E-state index is 12.0. The van der Waals surface area contributed by atoms with E-state index in [4.69, 9.17) is 5.11 Å². The number of aromatic nitrogens is 2. The average molecular weight is 372 g/mol. The van der Waals surface area contributed by atoms with Crippen LogP contribution >= 0.6 is 0 Å². The second-order valence-electron chi connectivity index (χ2n) is 7.08. The summed E-state index contributed by atoms with van der Waals surface area (Å²) < 4.78 is 0. The highest BCUT2D eigenvalue weighted by Crippen LogP contribution is 2.30. The van der Waals surface area contributed by atoms with Gasteiger partial charge in [0.05, 0.1) is 17.5 Å². The van der Waals surface area contributed by atoms with E-state index in [2.05, 4.69) is 14.9 Å². The first-order valence-electron chi connectivity index (χ1n) is 9.00. The fourth-order valence-corrected chi connectivity index (χ4v) is 3.51. The minimum atomic E-state index is -0.997. The third kappa shape index (κ3) is 4.51. The number of rotatable bonds is 6. The summed E-state index contributed by atoms with van der Waals surface area (Å²) in [5, 5.41) is 20.6. The van der Waals surface area contributed by atoms with Crippen LogP contribution in [0.2, 0.25) is 0 Å². The number of likely N-dealkylation sites (N-methyl/N-ethyl adjacent to an activating group) is 1. The van der Waals surface area contributed by atoms with E-state index in [9.17, 15) is 14.7 Å². The zero-order chi connectivity index (χ0) is 19.4. The summed E-state index contributed by atoms with van der Waals surface area (Å²) in [5.41, 5.74) is 0.957. The smallest absolute Gasteiger partial charge is 0.303 e. The molecule has 0 bridgehead atoms. The molecule has 1 amide bonds. The van der Waals surface area contributed by atoms with E-state index in [1.807, 2.05) is 12.1 Å². The van der Waals surface area contributed by atoms with Gasteiger partial charge in [-0.3, -0.25) is 19.6 Å². The minimum absolute atomic E-state index is 0.0515. The first-order chi connectivity index (χ1) is 12.9. The molecule has 2 N–H and O–H groups in total. The van der Waals surface area contributed by atoms with Crippen LogP contribution in [0, 0.1) is 0 Å². The number of carboxylic acids is 1. The van der Waals surface area contributed by atoms with Crippen molar-refractivity contribution in [3.05, 3.63) is 30.7 Å². The quantitative estimate of drug-likeness (QED) is 0.787. The van der Waals surface area contributed by atoms with Crippen molar-refractivity contribution in [2.24, 2.45) is 0 Å². The van der Waals surface area contributed by atoms with Crippen LogP contribution in [0.25, 0.3) is 10.9 Å². The Morgan fingerprint density at radius 3 is 2.67 bits per heavy atom. The Labute approximate surface area is 157 Å². The van der Waals surface area contributed by atoms with Gasteiger partial charge in [0.25, 0.3) is 0 Å². The zero-order valence-corrected chi connectivity index (χ0v) is 15.3. The fourth-order valence-electron chi connectivity index (χ4n) is 3.51. The summed E-state index contributed by atoms with van der Waals surface area (Å²) in [6, 6.07) is 3.83. The molecular formula is C19H24N4O4. The second-order valence-corrected chi connectivity index (χ2v) is 7.08. The molecule has 0 saturated carbocycles. The molecule has 3 heterocycles. The molecule has 27 heavy (non-hydrogen) atoms. The fraction of sp³-hybridized carbons (Fsp3) is 0.474. The van der Waals surface area contributed by atoms with E-state index >= 15 is 0 Å². The van der Waals surface area contributed by atoms with Crippen molar-refractivity contribution in [2.45, 2.75) is 31.3 Å². The molecule has 8 heteroatoms. The molecule has 2 aromatic rings. The molecule has 8 nitrogen and oxygen atoms in total. The van der Waals surface area contributed by atoms with Gasteiger partial charge in [-0.25, -0.2) is 0 Å². The maximum Gasteiger partial charge on any atom is 0.303 e. The molecule has 1 fully saturated rings. The summed E-state index contributed by atoms with van der Waals surface area (Å²) in [6.45, 7) is 1.52. The third-order valence-electron chi connectivity index (χ3n) is 5.06. The Hall–Kier alpha value is -2.74. The van der Waals surface area contributed by atoms with Gasteiger partial charge >= 0.3 is 5.97 Å². The van der Waals surface area contributed by atoms with Gasteiger partial charge in [-0.05, 0) is 25.0 Å². The van der Waals surface area contributed by atoms with Crippen LogP contribution in [0.1, 0.15) is 25.7 Å². The van der Waals surface area contributed by atoms with Crippen molar-refractivity contribution in [1.29, 1.82) is 0 Å². The number of fused-ring (bicyclic) bond motifs is 1. The van der Waals surface area contributed by atoms with Crippen molar-refractivity contribution in [1.82, 2.24) is 14.9 Å². The van der Waals surface area contributed by atoms with E-state index in [0.717, 1.165) is 16.6 Å². The molecule has 1 saturated heterocycles. The zero-order valence-electron chi connectivity index (χ0n) is 15.3. The Balaban J connectivity index is 1.62. The lowest BCUT2D eigenvalue weighted by Crippen LogP contribution is -2.51. The van der Waals surface area contributed by atoms with Gasteiger partial charge in [0.1, 0.15) is 0 Å². The number of carbonyl (C=O) groups excluding carboxylic acids is 1. The summed E-state index contributed by atoms with van der Waals surface area (Å²) in [7, 11) is 1.61. The first kappa shape index (κ1) is 19.0. The normalized spacial score (nSPS) is 16.3. The predicted octanol–water partition coefficient (Wildman–Crippen LogP) is 1.28. The number of pyridine rings is 2. The van der Waals surface area contributed by atoms with Gasteiger partial charge in [-0.15, -0.1) is 0 Å². The first-order valence-corrected chi connectivity index (χ1v) is 9.00. The highest BCUT2D eigenvalue weighted by Gasteiger charge is 2.34. The van der Waals surface area contributed by atoms with Crippen molar-refractivity contribution in [2.75, 3.05) is 31.6 Å². The number of aliphatic hydroxyl groups is 1. The Bertz CT molecular complexity index is 828. The number of amides is 1. The van der Waals surface area contributed by atoms with Crippen LogP contribution in [-0.2, 0) is 9.59 Å². The van der Waals surface area contributed by atoms with Crippen LogP contribution < -0.4 is 4.90 Å². The number of nitrogens with zero attached hydrogens (tertiary/aromatic N) is 4.